The van der Waals surface area contributed by atoms with Gasteiger partial charge in [0.25, 0.3) is 11.8 Å². The number of carbonyl (C=O) groups is 6. The molecule has 2 aliphatic heterocycles. The molecule has 4 aromatic rings. The number of nitrogens with zero attached hydrogens (tertiary/aromatic N) is 3. The van der Waals surface area contributed by atoms with Gasteiger partial charge in [0.1, 0.15) is 11.1 Å². The lowest BCUT2D eigenvalue weighted by Crippen LogP contribution is -2.68. The standard InChI is InChI=1S/C44H46ClN7O8/c1-41(23-35(46)53)25-7-11-27(12-8-25)43(41,37(55)48-39(57)58)50-21-3-5-31(50)33-19-20-34(52(33)30-17-15-29(45)16-18-30)32-6-4-22-51(32)44(38(56)49-40(59)60)28-13-9-26(10-14-28)42(44,2)24-36(47)54/h7-20,31-32H,3-6,21-24H2,1-2H3,(H2,46,53)(H2,47,54)(H,48,55)(H,49,56)(H,57,58)(H,59,60)/t31?,32?,41?,42?,43-,44-/m1/s1. The topological polar surface area (TPSA) is 230 Å². The third-order valence-corrected chi connectivity index (χ3v) is 14.0. The van der Waals surface area contributed by atoms with Crippen molar-refractivity contribution in [2.75, 3.05) is 13.1 Å². The highest BCUT2D eigenvalue weighted by molar-refractivity contribution is 6.30. The minimum atomic E-state index is -1.68. The molecule has 1 aromatic heterocycles. The molecule has 2 fully saturated rings. The lowest BCUT2D eigenvalue weighted by Gasteiger charge is -2.56. The van der Waals surface area contributed by atoms with Crippen molar-refractivity contribution in [3.63, 3.8) is 0 Å². The van der Waals surface area contributed by atoms with Crippen LogP contribution in [0.15, 0.2) is 84.9 Å². The number of benzene rings is 3. The number of hydrogen-bond acceptors (Lipinski definition) is 8. The summed E-state index contributed by atoms with van der Waals surface area (Å²) in [6, 6.07) is 24.6. The molecule has 2 saturated heterocycles. The van der Waals surface area contributed by atoms with Crippen LogP contribution in [0.25, 0.3) is 5.69 Å². The van der Waals surface area contributed by atoms with Crippen LogP contribution < -0.4 is 22.1 Å². The van der Waals surface area contributed by atoms with Gasteiger partial charge in [0, 0.05) is 58.9 Å². The molecule has 0 radical (unpaired) electrons. The molecular weight excluding hydrogens is 790 g/mol. The van der Waals surface area contributed by atoms with Crippen LogP contribution in [0.4, 0.5) is 9.59 Å². The summed E-state index contributed by atoms with van der Waals surface area (Å²) < 4.78 is 2.07. The van der Waals surface area contributed by atoms with Gasteiger partial charge in [0.2, 0.25) is 11.8 Å². The number of rotatable bonds is 11. The highest BCUT2D eigenvalue weighted by atomic mass is 35.5. The zero-order valence-electron chi connectivity index (χ0n) is 33.1. The van der Waals surface area contributed by atoms with Crippen molar-refractivity contribution in [2.24, 2.45) is 11.5 Å². The fraction of sp³-hybridized carbons (Fsp3) is 0.364. The predicted octanol–water partition coefficient (Wildman–Crippen LogP) is 5.08. The minimum absolute atomic E-state index is 0.247. The number of carboxylic acid groups (broad SMARTS) is 2. The Morgan fingerprint density at radius 3 is 1.33 bits per heavy atom. The molecule has 4 aliphatic carbocycles. The number of amides is 6. The van der Waals surface area contributed by atoms with Gasteiger partial charge in [-0.25, -0.2) is 9.59 Å². The molecule has 312 valence electrons. The van der Waals surface area contributed by atoms with E-state index in [9.17, 15) is 39.0 Å². The maximum absolute atomic E-state index is 14.7. The predicted molar refractivity (Wildman–Crippen MR) is 219 cm³/mol. The van der Waals surface area contributed by atoms with E-state index < -0.39 is 69.8 Å². The number of fused-ring (bicyclic) bond motifs is 6. The lowest BCUT2D eigenvalue weighted by molar-refractivity contribution is -0.144. The van der Waals surface area contributed by atoms with E-state index in [1.54, 1.807) is 50.2 Å². The Bertz CT molecular complexity index is 2290. The fourth-order valence-corrected chi connectivity index (χ4v) is 11.7. The molecule has 6 atom stereocenters. The van der Waals surface area contributed by atoms with Crippen LogP contribution >= 0.6 is 11.6 Å². The fourth-order valence-electron chi connectivity index (χ4n) is 11.6. The Hall–Kier alpha value is -6.03. The van der Waals surface area contributed by atoms with Crippen LogP contribution in [0.3, 0.4) is 0 Å². The second kappa shape index (κ2) is 14.6. The quantitative estimate of drug-likeness (QED) is 0.117. The summed E-state index contributed by atoms with van der Waals surface area (Å²) in [5, 5.41) is 24.7. The van der Waals surface area contributed by atoms with Gasteiger partial charge in [-0.2, -0.15) is 0 Å². The number of nitrogens with two attached hydrogens (primary N) is 2. The van der Waals surface area contributed by atoms with E-state index >= 15 is 0 Å². The third kappa shape index (κ3) is 5.77. The number of aromatic nitrogens is 1. The lowest BCUT2D eigenvalue weighted by atomic mass is 9.56. The first-order chi connectivity index (χ1) is 28.5. The highest BCUT2D eigenvalue weighted by Crippen LogP contribution is 2.59. The average molecular weight is 836 g/mol. The summed E-state index contributed by atoms with van der Waals surface area (Å²) >= 11 is 6.44. The van der Waals surface area contributed by atoms with E-state index in [1.165, 1.54) is 0 Å². The van der Waals surface area contributed by atoms with Crippen molar-refractivity contribution in [1.29, 1.82) is 0 Å². The smallest absolute Gasteiger partial charge is 0.411 e. The van der Waals surface area contributed by atoms with E-state index in [0.29, 0.717) is 71.7 Å². The molecule has 10 rings (SSSR count). The summed E-state index contributed by atoms with van der Waals surface area (Å²) in [6.45, 7) is 4.28. The number of halogens is 1. The summed E-state index contributed by atoms with van der Waals surface area (Å²) in [5.74, 6) is -2.92. The van der Waals surface area contributed by atoms with Gasteiger partial charge in [-0.15, -0.1) is 0 Å². The van der Waals surface area contributed by atoms with Crippen molar-refractivity contribution < 1.29 is 39.0 Å². The van der Waals surface area contributed by atoms with Gasteiger partial charge in [-0.05, 0) is 84.3 Å². The molecule has 60 heavy (non-hydrogen) atoms. The number of hydrogen-bond donors (Lipinski definition) is 6. The van der Waals surface area contributed by atoms with E-state index in [2.05, 4.69) is 15.2 Å². The summed E-state index contributed by atoms with van der Waals surface area (Å²) in [4.78, 5) is 83.7. The molecule has 4 bridgehead atoms. The maximum Gasteiger partial charge on any atom is 0.411 e. The van der Waals surface area contributed by atoms with E-state index in [4.69, 9.17) is 23.1 Å². The van der Waals surface area contributed by atoms with Gasteiger partial charge in [-0.3, -0.25) is 39.6 Å². The van der Waals surface area contributed by atoms with Crippen LogP contribution in [-0.2, 0) is 41.1 Å². The number of likely N-dealkylation sites (tertiary alicyclic amines) is 2. The van der Waals surface area contributed by atoms with Crippen molar-refractivity contribution in [2.45, 2.75) is 86.4 Å². The maximum atomic E-state index is 14.7. The molecule has 0 spiro atoms. The van der Waals surface area contributed by atoms with Gasteiger partial charge >= 0.3 is 12.2 Å². The Balaban J connectivity index is 1.34. The monoisotopic (exact) mass is 835 g/mol. The van der Waals surface area contributed by atoms with Crippen molar-refractivity contribution in [3.8, 4) is 5.69 Å². The third-order valence-electron chi connectivity index (χ3n) is 13.7. The molecule has 8 N–H and O–H groups in total. The molecule has 4 unspecified atom stereocenters. The van der Waals surface area contributed by atoms with Crippen molar-refractivity contribution >= 4 is 47.4 Å². The van der Waals surface area contributed by atoms with Crippen LogP contribution in [0.1, 0.15) is 98.1 Å². The molecule has 3 heterocycles. The average Bonchev–Trinajstić information content (AvgIpc) is 3.95. The SMILES string of the molecule is CC1(CC(N)=O)c2ccc(cc2)[C@]1(C(=O)NC(=O)O)N1CCCC1c1ccc(C2CCCN2[C@@]2(C(=O)NC(=O)O)c3ccc(cc3)C2(C)CC(N)=O)n1-c1ccc(Cl)cc1. The van der Waals surface area contributed by atoms with E-state index in [0.717, 1.165) is 11.4 Å². The van der Waals surface area contributed by atoms with E-state index in [1.807, 2.05) is 58.3 Å². The Morgan fingerprint density at radius 2 is 0.983 bits per heavy atom. The van der Waals surface area contributed by atoms with Gasteiger partial charge in [0.05, 0.1) is 12.1 Å². The summed E-state index contributed by atoms with van der Waals surface area (Å²) in [6.07, 6.45) is -1.24. The zero-order valence-corrected chi connectivity index (χ0v) is 33.9. The number of imide groups is 2. The van der Waals surface area contributed by atoms with Gasteiger partial charge in [0.15, 0.2) is 0 Å². The highest BCUT2D eigenvalue weighted by Gasteiger charge is 2.66. The number of nitrogens with one attached hydrogen (secondary N) is 2. The number of primary amides is 2. The van der Waals surface area contributed by atoms with E-state index in [-0.39, 0.29) is 12.8 Å². The second-order valence-corrected chi connectivity index (χ2v) is 17.2. The van der Waals surface area contributed by atoms with Crippen molar-refractivity contribution in [3.05, 3.63) is 124 Å². The second-order valence-electron chi connectivity index (χ2n) is 16.7. The van der Waals surface area contributed by atoms with Gasteiger partial charge < -0.3 is 26.2 Å². The first-order valence-corrected chi connectivity index (χ1v) is 20.3. The van der Waals surface area contributed by atoms with Crippen molar-refractivity contribution in [1.82, 2.24) is 25.0 Å². The molecule has 6 aliphatic rings. The molecule has 15 nitrogen and oxygen atoms in total. The first kappa shape index (κ1) is 40.7. The normalized spacial score (nSPS) is 28.1. The Kier molecular flexibility index (Phi) is 9.92. The molecule has 16 heteroatoms. The Morgan fingerprint density at radius 1 is 0.617 bits per heavy atom. The largest absolute Gasteiger partial charge is 0.465 e. The van der Waals surface area contributed by atoms with Crippen LogP contribution in [0, 0.1) is 0 Å². The zero-order chi connectivity index (χ0) is 42.9. The molecule has 0 saturated carbocycles. The van der Waals surface area contributed by atoms with Crippen LogP contribution in [0.2, 0.25) is 5.02 Å². The van der Waals surface area contributed by atoms with Crippen LogP contribution in [0.5, 0.6) is 0 Å². The Labute approximate surface area is 350 Å². The van der Waals surface area contributed by atoms with Gasteiger partial charge in [-0.1, -0.05) is 74.0 Å². The summed E-state index contributed by atoms with van der Waals surface area (Å²) in [5.41, 5.74) is 10.4. The van der Waals surface area contributed by atoms with Crippen LogP contribution in [-0.4, -0.2) is 73.5 Å². The molecule has 6 amide bonds. The molecular formula is C44H46ClN7O8. The summed E-state index contributed by atoms with van der Waals surface area (Å²) in [7, 11) is 0. The number of carbonyl (C=O) groups excluding carboxylic acids is 4. The minimum Gasteiger partial charge on any atom is -0.465 e. The molecule has 3 aromatic carbocycles. The first-order valence-electron chi connectivity index (χ1n) is 19.9.